The molecule has 0 amide bonds. The Bertz CT molecular complexity index is 965. The summed E-state index contributed by atoms with van der Waals surface area (Å²) < 4.78 is 24.4. The molecule has 9 heteroatoms. The highest BCUT2D eigenvalue weighted by Crippen LogP contribution is 2.34. The van der Waals surface area contributed by atoms with Gasteiger partial charge in [0.2, 0.25) is 0 Å². The zero-order valence-electron chi connectivity index (χ0n) is 15.6. The first-order chi connectivity index (χ1) is 12.6. The minimum absolute atomic E-state index is 0.0159. The van der Waals surface area contributed by atoms with Crippen LogP contribution in [0, 0.1) is 17.3 Å². The van der Waals surface area contributed by atoms with Crippen molar-refractivity contribution >= 4 is 31.5 Å². The Kier molecular flexibility index (Phi) is 6.08. The largest absolute Gasteiger partial charge is 0.492 e. The number of methoxy groups -OCH3 is 2. The molecule has 1 aromatic carbocycles. The molecule has 0 unspecified atom stereocenters. The van der Waals surface area contributed by atoms with Crippen molar-refractivity contribution in [3.8, 4) is 28.6 Å². The van der Waals surface area contributed by atoms with Gasteiger partial charge in [-0.05, 0) is 12.1 Å². The molecule has 0 atom stereocenters. The van der Waals surface area contributed by atoms with Crippen molar-refractivity contribution in [2.24, 2.45) is 0 Å². The number of hydrogen-bond donors (Lipinski definition) is 1. The number of rotatable bonds is 3. The lowest BCUT2D eigenvalue weighted by atomic mass is 10.1. The Hall–Kier alpha value is -2.63. The fourth-order valence-corrected chi connectivity index (χ4v) is 2.83. The summed E-state index contributed by atoms with van der Waals surface area (Å²) >= 11 is 5.91. The van der Waals surface area contributed by atoms with Crippen LogP contribution in [0.15, 0.2) is 12.1 Å². The molecule has 0 bridgehead atoms. The van der Waals surface area contributed by atoms with Crippen LogP contribution in [0.1, 0.15) is 16.1 Å². The van der Waals surface area contributed by atoms with Crippen molar-refractivity contribution in [2.45, 2.75) is 19.6 Å². The van der Waals surface area contributed by atoms with Crippen LogP contribution in [-0.2, 0) is 4.74 Å². The number of nitrogens with two attached hydrogens (primary N) is 1. The predicted molar refractivity (Wildman–Crippen MR) is 105 cm³/mol. The number of nitrogen functional groups attached to an aromatic ring is 1. The van der Waals surface area contributed by atoms with Gasteiger partial charge in [-0.2, -0.15) is 0 Å². The van der Waals surface area contributed by atoms with Gasteiger partial charge in [0.25, 0.3) is 0 Å². The number of esters is 1. The van der Waals surface area contributed by atoms with E-state index in [2.05, 4.69) is 21.4 Å². The fraction of sp³-hybridized carbons (Fsp3) is 0.278. The molecule has 0 fully saturated rings. The number of anilines is 1. The average molecular weight is 408 g/mol. The highest BCUT2D eigenvalue weighted by molar-refractivity contribution is 6.83. The summed E-state index contributed by atoms with van der Waals surface area (Å²) in [4.78, 5) is 20.5. The third-order valence-corrected chi connectivity index (χ3v) is 4.54. The second-order valence-electron chi connectivity index (χ2n) is 6.59. The maximum atomic E-state index is 14.7. The van der Waals surface area contributed by atoms with Gasteiger partial charge in [-0.3, -0.25) is 0 Å². The number of aromatic nitrogens is 2. The topological polar surface area (TPSA) is 87.3 Å². The lowest BCUT2D eigenvalue weighted by Gasteiger charge is -2.11. The van der Waals surface area contributed by atoms with Gasteiger partial charge in [-0.15, -0.1) is 5.54 Å². The summed E-state index contributed by atoms with van der Waals surface area (Å²) in [5.41, 5.74) is 9.13. The molecule has 2 aromatic rings. The first-order valence-electron chi connectivity index (χ1n) is 7.90. The van der Waals surface area contributed by atoms with Crippen LogP contribution in [0.5, 0.6) is 5.75 Å². The van der Waals surface area contributed by atoms with Gasteiger partial charge in [0, 0.05) is 0 Å². The second kappa shape index (κ2) is 7.94. The number of hydrogen-bond acceptors (Lipinski definition) is 6. The van der Waals surface area contributed by atoms with E-state index in [0.29, 0.717) is 0 Å². The maximum absolute atomic E-state index is 14.7. The van der Waals surface area contributed by atoms with Gasteiger partial charge in [0.1, 0.15) is 13.9 Å². The molecular weight excluding hydrogens is 389 g/mol. The summed E-state index contributed by atoms with van der Waals surface area (Å²) in [6, 6.07) is 2.82. The van der Waals surface area contributed by atoms with Crippen molar-refractivity contribution in [3.63, 3.8) is 0 Å². The molecule has 0 spiro atoms. The molecule has 6 nitrogen and oxygen atoms in total. The molecule has 0 aliphatic heterocycles. The van der Waals surface area contributed by atoms with Gasteiger partial charge in [-0.1, -0.05) is 37.2 Å². The standard InChI is InChI=1S/C18H19ClFN3O3Si/c1-25-15-12(19)7-6-10(13(15)20)17-22-14(18(24)26-2)11(16(21)23-17)8-9-27(3,4)5/h6-7H,1-5H3,(H2,21,22,23). The molecular formula is C18H19ClFN3O3Si. The molecule has 0 saturated heterocycles. The third-order valence-electron chi connectivity index (χ3n) is 3.37. The van der Waals surface area contributed by atoms with Crippen LogP contribution in [-0.4, -0.2) is 38.2 Å². The smallest absolute Gasteiger partial charge is 0.358 e. The Morgan fingerprint density at radius 1 is 1.26 bits per heavy atom. The van der Waals surface area contributed by atoms with Crippen LogP contribution >= 0.6 is 11.6 Å². The van der Waals surface area contributed by atoms with Crippen LogP contribution < -0.4 is 10.5 Å². The van der Waals surface area contributed by atoms with Crippen LogP contribution in [0.2, 0.25) is 24.7 Å². The fourth-order valence-electron chi connectivity index (χ4n) is 2.11. The second-order valence-corrected chi connectivity index (χ2v) is 11.7. The van der Waals surface area contributed by atoms with Gasteiger partial charge >= 0.3 is 5.97 Å². The Morgan fingerprint density at radius 2 is 1.93 bits per heavy atom. The van der Waals surface area contributed by atoms with E-state index < -0.39 is 19.9 Å². The molecule has 0 saturated carbocycles. The van der Waals surface area contributed by atoms with Crippen molar-refractivity contribution in [3.05, 3.63) is 34.2 Å². The molecule has 0 aliphatic carbocycles. The summed E-state index contributed by atoms with van der Waals surface area (Å²) in [6.45, 7) is 6.12. The van der Waals surface area contributed by atoms with E-state index in [1.54, 1.807) is 0 Å². The lowest BCUT2D eigenvalue weighted by Crippen LogP contribution is -2.17. The zero-order chi connectivity index (χ0) is 20.4. The SMILES string of the molecule is COC(=O)c1nc(-c2ccc(Cl)c(OC)c2F)nc(N)c1C#C[Si](C)(C)C. The Labute approximate surface area is 162 Å². The third kappa shape index (κ3) is 4.56. The number of benzene rings is 1. The molecule has 27 heavy (non-hydrogen) atoms. The molecule has 0 aliphatic rings. The number of carbonyl (C=O) groups excluding carboxylic acids is 1. The van der Waals surface area contributed by atoms with E-state index >= 15 is 0 Å². The molecule has 2 rings (SSSR count). The Morgan fingerprint density at radius 3 is 2.48 bits per heavy atom. The average Bonchev–Trinajstić information content (AvgIpc) is 2.59. The van der Waals surface area contributed by atoms with E-state index in [1.807, 2.05) is 19.6 Å². The Balaban J connectivity index is 2.74. The number of ether oxygens (including phenoxy) is 2. The van der Waals surface area contributed by atoms with Crippen molar-refractivity contribution in [1.82, 2.24) is 9.97 Å². The van der Waals surface area contributed by atoms with Crippen LogP contribution in [0.3, 0.4) is 0 Å². The zero-order valence-corrected chi connectivity index (χ0v) is 17.4. The van der Waals surface area contributed by atoms with Gasteiger partial charge in [0.05, 0.1) is 30.4 Å². The molecule has 2 N–H and O–H groups in total. The van der Waals surface area contributed by atoms with Crippen LogP contribution in [0.4, 0.5) is 10.2 Å². The molecule has 1 aromatic heterocycles. The summed E-state index contributed by atoms with van der Waals surface area (Å²) in [5, 5.41) is 0.0949. The molecule has 0 radical (unpaired) electrons. The van der Waals surface area contributed by atoms with E-state index in [9.17, 15) is 9.18 Å². The summed E-state index contributed by atoms with van der Waals surface area (Å²) in [5.74, 6) is 1.08. The molecule has 1 heterocycles. The van der Waals surface area contributed by atoms with E-state index in [-0.39, 0.29) is 39.2 Å². The van der Waals surface area contributed by atoms with E-state index in [4.69, 9.17) is 26.8 Å². The van der Waals surface area contributed by atoms with Crippen LogP contribution in [0.25, 0.3) is 11.4 Å². The van der Waals surface area contributed by atoms with E-state index in [0.717, 1.165) is 0 Å². The normalized spacial score (nSPS) is 10.8. The number of halogens is 2. The maximum Gasteiger partial charge on any atom is 0.358 e. The monoisotopic (exact) mass is 407 g/mol. The lowest BCUT2D eigenvalue weighted by molar-refractivity contribution is 0.0593. The van der Waals surface area contributed by atoms with Crippen molar-refractivity contribution in [1.29, 1.82) is 0 Å². The van der Waals surface area contributed by atoms with Crippen molar-refractivity contribution < 1.29 is 18.7 Å². The quantitative estimate of drug-likeness (QED) is 0.475. The van der Waals surface area contributed by atoms with Crippen molar-refractivity contribution in [2.75, 3.05) is 20.0 Å². The first-order valence-corrected chi connectivity index (χ1v) is 11.8. The highest BCUT2D eigenvalue weighted by atomic mass is 35.5. The first kappa shape index (κ1) is 20.7. The predicted octanol–water partition coefficient (Wildman–Crippen LogP) is 3.54. The number of nitrogens with zero attached hydrogens (tertiary/aromatic N) is 2. The summed E-state index contributed by atoms with van der Waals surface area (Å²) in [7, 11) is 0.749. The minimum atomic E-state index is -1.75. The van der Waals surface area contributed by atoms with Gasteiger partial charge < -0.3 is 15.2 Å². The minimum Gasteiger partial charge on any atom is -0.492 e. The summed E-state index contributed by atoms with van der Waals surface area (Å²) in [6.07, 6.45) is 0. The molecule has 142 valence electrons. The van der Waals surface area contributed by atoms with Gasteiger partial charge in [0.15, 0.2) is 23.1 Å². The van der Waals surface area contributed by atoms with Gasteiger partial charge in [-0.25, -0.2) is 19.2 Å². The highest BCUT2D eigenvalue weighted by Gasteiger charge is 2.23. The van der Waals surface area contributed by atoms with E-state index in [1.165, 1.54) is 26.4 Å². The number of carbonyl (C=O) groups is 1.